The molecule has 0 aromatic carbocycles. The van der Waals surface area contributed by atoms with E-state index in [-0.39, 0.29) is 11.3 Å². The molecular formula is C15H22N2O2. The molecule has 1 spiro atoms. The van der Waals surface area contributed by atoms with Crippen molar-refractivity contribution in [2.45, 2.75) is 44.8 Å². The highest BCUT2D eigenvalue weighted by atomic mass is 16.5. The van der Waals surface area contributed by atoms with Crippen LogP contribution in [0.3, 0.4) is 0 Å². The topological polar surface area (TPSA) is 43.3 Å². The van der Waals surface area contributed by atoms with Crippen molar-refractivity contribution in [3.8, 4) is 0 Å². The van der Waals surface area contributed by atoms with E-state index in [1.54, 1.807) is 0 Å². The molecule has 2 aliphatic carbocycles. The van der Waals surface area contributed by atoms with Crippen molar-refractivity contribution in [3.05, 3.63) is 24.0 Å². The van der Waals surface area contributed by atoms with Gasteiger partial charge >= 0.3 is 0 Å². The maximum atomic E-state index is 12.2. The van der Waals surface area contributed by atoms with Gasteiger partial charge in [-0.15, -0.1) is 0 Å². The molecule has 2 aliphatic rings. The van der Waals surface area contributed by atoms with Crippen LogP contribution in [0.2, 0.25) is 0 Å². The molecule has 1 aromatic heterocycles. The van der Waals surface area contributed by atoms with Gasteiger partial charge in [0.05, 0.1) is 6.10 Å². The van der Waals surface area contributed by atoms with Crippen LogP contribution in [0.5, 0.6) is 0 Å². The molecule has 19 heavy (non-hydrogen) atoms. The number of carbonyl (C=O) groups excluding carboxylic acids is 1. The first-order chi connectivity index (χ1) is 9.17. The lowest BCUT2D eigenvalue weighted by molar-refractivity contribution is -0.169. The third kappa shape index (κ3) is 1.89. The van der Waals surface area contributed by atoms with Gasteiger partial charge in [-0.25, -0.2) is 0 Å². The van der Waals surface area contributed by atoms with Gasteiger partial charge in [-0.2, -0.15) is 0 Å². The Labute approximate surface area is 114 Å². The van der Waals surface area contributed by atoms with E-state index in [4.69, 9.17) is 4.74 Å². The number of aryl methyl sites for hydroxylation is 1. The number of hydrogen-bond acceptors (Lipinski definition) is 2. The van der Waals surface area contributed by atoms with Gasteiger partial charge < -0.3 is 14.6 Å². The molecule has 1 heterocycles. The fourth-order valence-electron chi connectivity index (χ4n) is 3.57. The number of rotatable bonds is 4. The zero-order valence-corrected chi connectivity index (χ0v) is 11.7. The maximum Gasteiger partial charge on any atom is 0.268 e. The van der Waals surface area contributed by atoms with Crippen molar-refractivity contribution in [1.82, 2.24) is 9.88 Å². The normalized spacial score (nSPS) is 27.7. The fraction of sp³-hybridized carbons (Fsp3) is 0.667. The average molecular weight is 262 g/mol. The number of carbonyl (C=O) groups is 1. The standard InChI is InChI=1S/C15H22N2O2/c1-3-19-13-10-12(15(13)7-5-8-15)16-14(18)11-6-4-9-17(11)2/h4,6,9,12-13H,3,5,7-8,10H2,1-2H3,(H,16,18)/t12-,13+/m0/s1. The molecule has 0 radical (unpaired) electrons. The Bertz CT molecular complexity index is 476. The summed E-state index contributed by atoms with van der Waals surface area (Å²) in [6, 6.07) is 4.06. The van der Waals surface area contributed by atoms with Gasteiger partial charge in [0, 0.05) is 31.3 Å². The molecule has 104 valence electrons. The van der Waals surface area contributed by atoms with E-state index in [1.807, 2.05) is 36.9 Å². The van der Waals surface area contributed by atoms with E-state index < -0.39 is 0 Å². The zero-order chi connectivity index (χ0) is 13.5. The Morgan fingerprint density at radius 3 is 2.89 bits per heavy atom. The predicted molar refractivity (Wildman–Crippen MR) is 73.0 cm³/mol. The van der Waals surface area contributed by atoms with Crippen LogP contribution in [0.25, 0.3) is 0 Å². The van der Waals surface area contributed by atoms with Crippen LogP contribution in [0, 0.1) is 5.41 Å². The molecular weight excluding hydrogens is 240 g/mol. The minimum absolute atomic E-state index is 0.0405. The van der Waals surface area contributed by atoms with Gasteiger partial charge in [-0.1, -0.05) is 6.42 Å². The quantitative estimate of drug-likeness (QED) is 0.903. The third-order valence-electron chi connectivity index (χ3n) is 4.92. The summed E-state index contributed by atoms with van der Waals surface area (Å²) in [6.07, 6.45) is 6.86. The van der Waals surface area contributed by atoms with Gasteiger partial charge in [0.2, 0.25) is 0 Å². The minimum atomic E-state index is 0.0405. The second-order valence-electron chi connectivity index (χ2n) is 5.80. The monoisotopic (exact) mass is 262 g/mol. The van der Waals surface area contributed by atoms with Crippen molar-refractivity contribution in [2.24, 2.45) is 12.5 Å². The first-order valence-electron chi connectivity index (χ1n) is 7.21. The van der Waals surface area contributed by atoms with Crippen LogP contribution < -0.4 is 5.32 Å². The Morgan fingerprint density at radius 2 is 2.37 bits per heavy atom. The third-order valence-corrected chi connectivity index (χ3v) is 4.92. The van der Waals surface area contributed by atoms with Crippen LogP contribution in [0.1, 0.15) is 43.1 Å². The van der Waals surface area contributed by atoms with Crippen molar-refractivity contribution >= 4 is 5.91 Å². The van der Waals surface area contributed by atoms with Gasteiger partial charge in [0.25, 0.3) is 5.91 Å². The second kappa shape index (κ2) is 4.67. The summed E-state index contributed by atoms with van der Waals surface area (Å²) < 4.78 is 7.67. The molecule has 3 rings (SSSR count). The van der Waals surface area contributed by atoms with Crippen LogP contribution in [-0.4, -0.2) is 29.2 Å². The van der Waals surface area contributed by atoms with Crippen LogP contribution in [-0.2, 0) is 11.8 Å². The molecule has 1 N–H and O–H groups in total. The molecule has 2 fully saturated rings. The SMILES string of the molecule is CCO[C@@H]1C[C@H](NC(=O)c2cccn2C)C12CCC2. The van der Waals surface area contributed by atoms with E-state index in [1.165, 1.54) is 19.3 Å². The first kappa shape index (κ1) is 12.7. The largest absolute Gasteiger partial charge is 0.378 e. The molecule has 0 aliphatic heterocycles. The van der Waals surface area contributed by atoms with Gasteiger partial charge in [-0.05, 0) is 38.3 Å². The van der Waals surface area contributed by atoms with Crippen molar-refractivity contribution in [2.75, 3.05) is 6.61 Å². The van der Waals surface area contributed by atoms with E-state index in [9.17, 15) is 4.79 Å². The van der Waals surface area contributed by atoms with Crippen molar-refractivity contribution < 1.29 is 9.53 Å². The number of ether oxygens (including phenoxy) is 1. The molecule has 4 nitrogen and oxygen atoms in total. The first-order valence-corrected chi connectivity index (χ1v) is 7.21. The molecule has 1 aromatic rings. The maximum absolute atomic E-state index is 12.2. The number of nitrogens with zero attached hydrogens (tertiary/aromatic N) is 1. The highest BCUT2D eigenvalue weighted by Gasteiger charge is 2.59. The lowest BCUT2D eigenvalue weighted by atomic mass is 9.51. The molecule has 1 amide bonds. The molecule has 0 unspecified atom stereocenters. The van der Waals surface area contributed by atoms with Crippen LogP contribution >= 0.6 is 0 Å². The molecule has 0 bridgehead atoms. The Balaban J connectivity index is 1.65. The Hall–Kier alpha value is -1.29. The number of aromatic nitrogens is 1. The summed E-state index contributed by atoms with van der Waals surface area (Å²) >= 11 is 0. The molecule has 2 saturated carbocycles. The summed E-state index contributed by atoms with van der Waals surface area (Å²) in [5.41, 5.74) is 0.964. The van der Waals surface area contributed by atoms with Crippen LogP contribution in [0.4, 0.5) is 0 Å². The molecule has 2 atom stereocenters. The van der Waals surface area contributed by atoms with Crippen LogP contribution in [0.15, 0.2) is 18.3 Å². The van der Waals surface area contributed by atoms with Crippen molar-refractivity contribution in [1.29, 1.82) is 0 Å². The Kier molecular flexibility index (Phi) is 3.13. The molecule has 4 heteroatoms. The zero-order valence-electron chi connectivity index (χ0n) is 11.7. The number of hydrogen-bond donors (Lipinski definition) is 1. The molecule has 0 saturated heterocycles. The van der Waals surface area contributed by atoms with E-state index >= 15 is 0 Å². The predicted octanol–water partition coefficient (Wildman–Crippen LogP) is 2.10. The Morgan fingerprint density at radius 1 is 1.58 bits per heavy atom. The average Bonchev–Trinajstić information content (AvgIpc) is 2.71. The van der Waals surface area contributed by atoms with E-state index in [0.29, 0.717) is 12.1 Å². The smallest absolute Gasteiger partial charge is 0.268 e. The number of nitrogens with one attached hydrogen (secondary N) is 1. The van der Waals surface area contributed by atoms with Gasteiger partial charge in [0.15, 0.2) is 0 Å². The van der Waals surface area contributed by atoms with E-state index in [2.05, 4.69) is 5.32 Å². The lowest BCUT2D eigenvalue weighted by Gasteiger charge is -2.60. The summed E-state index contributed by atoms with van der Waals surface area (Å²) in [4.78, 5) is 12.2. The van der Waals surface area contributed by atoms with E-state index in [0.717, 1.165) is 18.7 Å². The summed E-state index contributed by atoms with van der Waals surface area (Å²) in [5.74, 6) is 0.0405. The van der Waals surface area contributed by atoms with Crippen molar-refractivity contribution in [3.63, 3.8) is 0 Å². The number of amides is 1. The minimum Gasteiger partial charge on any atom is -0.378 e. The summed E-state index contributed by atoms with van der Waals surface area (Å²) in [6.45, 7) is 2.81. The highest BCUT2D eigenvalue weighted by Crippen LogP contribution is 2.57. The summed E-state index contributed by atoms with van der Waals surface area (Å²) in [7, 11) is 1.90. The second-order valence-corrected chi connectivity index (χ2v) is 5.80. The summed E-state index contributed by atoms with van der Waals surface area (Å²) in [5, 5.41) is 3.20. The van der Waals surface area contributed by atoms with Gasteiger partial charge in [0.1, 0.15) is 5.69 Å². The lowest BCUT2D eigenvalue weighted by Crippen LogP contribution is -2.67. The highest BCUT2D eigenvalue weighted by molar-refractivity contribution is 5.93. The fourth-order valence-corrected chi connectivity index (χ4v) is 3.57. The van der Waals surface area contributed by atoms with Gasteiger partial charge in [-0.3, -0.25) is 4.79 Å².